The smallest absolute Gasteiger partial charge is 0.178 e. The van der Waals surface area contributed by atoms with Crippen molar-refractivity contribution in [2.75, 3.05) is 12.8 Å². The van der Waals surface area contributed by atoms with E-state index in [0.717, 1.165) is 5.56 Å². The first-order valence-electron chi connectivity index (χ1n) is 7.50. The Morgan fingerprint density at radius 1 is 1.08 bits per heavy atom. The molecule has 2 aromatic rings. The van der Waals surface area contributed by atoms with Crippen LogP contribution in [0.25, 0.3) is 0 Å². The lowest BCUT2D eigenvalue weighted by Crippen LogP contribution is -2.10. The molecule has 0 aliphatic rings. The Morgan fingerprint density at radius 2 is 1.83 bits per heavy atom. The van der Waals surface area contributed by atoms with E-state index in [0.29, 0.717) is 39.4 Å². The third-order valence-electron chi connectivity index (χ3n) is 3.35. The van der Waals surface area contributed by atoms with Gasteiger partial charge in [-0.05, 0) is 43.8 Å². The average molecular weight is 388 g/mol. The first kappa shape index (κ1) is 19.1. The summed E-state index contributed by atoms with van der Waals surface area (Å²) in [5, 5.41) is 3.86. The number of benzene rings is 2. The summed E-state index contributed by atoms with van der Waals surface area (Å²) in [6, 6.07) is 9.86. The topological polar surface area (TPSA) is 55.4 Å². The minimum Gasteiger partial charge on any atom is -0.457 e. The van der Waals surface area contributed by atoms with Crippen LogP contribution in [0.5, 0.6) is 11.5 Å². The second kappa shape index (κ2) is 8.21. The van der Waals surface area contributed by atoms with Gasteiger partial charge in [-0.25, -0.2) is 8.42 Å². The summed E-state index contributed by atoms with van der Waals surface area (Å²) >= 11 is 11.9. The Kier molecular flexibility index (Phi) is 6.52. The zero-order valence-corrected chi connectivity index (χ0v) is 15.8. The second-order valence-electron chi connectivity index (χ2n) is 5.30. The Hall–Kier alpha value is -1.27. The molecule has 0 heterocycles. The zero-order valence-electron chi connectivity index (χ0n) is 13.5. The van der Waals surface area contributed by atoms with Crippen LogP contribution in [-0.2, 0) is 16.4 Å². The van der Waals surface area contributed by atoms with Crippen LogP contribution in [0.1, 0.15) is 18.9 Å². The molecule has 1 N–H and O–H groups in total. The van der Waals surface area contributed by atoms with Crippen LogP contribution in [0.3, 0.4) is 0 Å². The quantitative estimate of drug-likeness (QED) is 0.748. The SMILES string of the molecule is CCCS(=O)(=O)c1ccc(Oc2ccc(Cl)c(Cl)c2)c(CNC)c1. The van der Waals surface area contributed by atoms with Crippen LogP contribution in [0.2, 0.25) is 10.0 Å². The number of hydrogen-bond acceptors (Lipinski definition) is 4. The van der Waals surface area contributed by atoms with Crippen LogP contribution in [0, 0.1) is 0 Å². The van der Waals surface area contributed by atoms with Crippen LogP contribution in [0.4, 0.5) is 0 Å². The molecule has 0 saturated carbocycles. The molecule has 24 heavy (non-hydrogen) atoms. The summed E-state index contributed by atoms with van der Waals surface area (Å²) < 4.78 is 30.3. The van der Waals surface area contributed by atoms with Crippen molar-refractivity contribution >= 4 is 33.0 Å². The molecule has 7 heteroatoms. The van der Waals surface area contributed by atoms with E-state index in [1.165, 1.54) is 0 Å². The molecule has 2 aromatic carbocycles. The van der Waals surface area contributed by atoms with Crippen LogP contribution in [-0.4, -0.2) is 21.2 Å². The molecular formula is C17H19Cl2NO3S. The Bertz CT molecular complexity index is 823. The minimum absolute atomic E-state index is 0.124. The highest BCUT2D eigenvalue weighted by Crippen LogP contribution is 2.32. The molecule has 0 atom stereocenters. The maximum atomic E-state index is 12.2. The Labute approximate surface area is 152 Å². The Balaban J connectivity index is 2.37. The fraction of sp³-hybridized carbons (Fsp3) is 0.294. The molecule has 0 fully saturated rings. The van der Waals surface area contributed by atoms with Crippen molar-refractivity contribution in [1.29, 1.82) is 0 Å². The van der Waals surface area contributed by atoms with Gasteiger partial charge in [-0.3, -0.25) is 0 Å². The van der Waals surface area contributed by atoms with Crippen molar-refractivity contribution in [3.05, 3.63) is 52.0 Å². The number of ether oxygens (including phenoxy) is 1. The van der Waals surface area contributed by atoms with Gasteiger partial charge in [0.25, 0.3) is 0 Å². The lowest BCUT2D eigenvalue weighted by molar-refractivity contribution is 0.473. The van der Waals surface area contributed by atoms with E-state index in [-0.39, 0.29) is 5.75 Å². The van der Waals surface area contributed by atoms with Crippen molar-refractivity contribution < 1.29 is 13.2 Å². The highest BCUT2D eigenvalue weighted by Gasteiger charge is 2.16. The van der Waals surface area contributed by atoms with Crippen molar-refractivity contribution in [1.82, 2.24) is 5.32 Å². The molecule has 0 aliphatic heterocycles. The van der Waals surface area contributed by atoms with E-state index >= 15 is 0 Å². The van der Waals surface area contributed by atoms with Gasteiger partial charge in [0.05, 0.1) is 20.7 Å². The summed E-state index contributed by atoms with van der Waals surface area (Å²) in [7, 11) is -1.49. The summed E-state index contributed by atoms with van der Waals surface area (Å²) in [5.41, 5.74) is 0.751. The largest absolute Gasteiger partial charge is 0.457 e. The molecule has 4 nitrogen and oxygen atoms in total. The first-order chi connectivity index (χ1) is 11.4. The number of sulfone groups is 1. The third-order valence-corrected chi connectivity index (χ3v) is 6.01. The highest BCUT2D eigenvalue weighted by molar-refractivity contribution is 7.91. The molecule has 0 radical (unpaired) electrons. The highest BCUT2D eigenvalue weighted by atomic mass is 35.5. The van der Waals surface area contributed by atoms with Crippen LogP contribution >= 0.6 is 23.2 Å². The Morgan fingerprint density at radius 3 is 2.46 bits per heavy atom. The predicted octanol–water partition coefficient (Wildman–Crippen LogP) is 4.69. The van der Waals surface area contributed by atoms with E-state index in [1.807, 2.05) is 6.92 Å². The summed E-state index contributed by atoms with van der Waals surface area (Å²) in [6.45, 7) is 2.32. The van der Waals surface area contributed by atoms with E-state index in [9.17, 15) is 8.42 Å². The zero-order chi connectivity index (χ0) is 17.7. The standard InChI is InChI=1S/C17H19Cl2NO3S/c1-3-8-24(21,22)14-5-7-17(12(9-14)11-20-2)23-13-4-6-15(18)16(19)10-13/h4-7,9-10,20H,3,8,11H2,1-2H3. The first-order valence-corrected chi connectivity index (χ1v) is 9.91. The fourth-order valence-corrected chi connectivity index (χ4v) is 3.89. The molecule has 0 aromatic heterocycles. The molecule has 0 saturated heterocycles. The normalized spacial score (nSPS) is 11.5. The van der Waals surface area contributed by atoms with E-state index in [4.69, 9.17) is 27.9 Å². The predicted molar refractivity (Wildman–Crippen MR) is 98.1 cm³/mol. The van der Waals surface area contributed by atoms with Gasteiger partial charge in [0.2, 0.25) is 0 Å². The van der Waals surface area contributed by atoms with Gasteiger partial charge in [0.1, 0.15) is 11.5 Å². The van der Waals surface area contributed by atoms with Crippen molar-refractivity contribution in [3.8, 4) is 11.5 Å². The van der Waals surface area contributed by atoms with Gasteiger partial charge < -0.3 is 10.1 Å². The number of halogens is 2. The number of rotatable bonds is 7. The molecule has 0 amide bonds. The third kappa shape index (κ3) is 4.63. The minimum atomic E-state index is -3.28. The number of hydrogen-bond donors (Lipinski definition) is 1. The van der Waals surface area contributed by atoms with Gasteiger partial charge in [-0.1, -0.05) is 30.1 Å². The maximum Gasteiger partial charge on any atom is 0.178 e. The molecule has 130 valence electrons. The monoisotopic (exact) mass is 387 g/mol. The van der Waals surface area contributed by atoms with Crippen molar-refractivity contribution in [3.63, 3.8) is 0 Å². The van der Waals surface area contributed by atoms with Gasteiger partial charge >= 0.3 is 0 Å². The average Bonchev–Trinajstić information content (AvgIpc) is 2.52. The summed E-state index contributed by atoms with van der Waals surface area (Å²) in [5.74, 6) is 1.23. The van der Waals surface area contributed by atoms with Gasteiger partial charge in [-0.2, -0.15) is 0 Å². The molecule has 0 unspecified atom stereocenters. The van der Waals surface area contributed by atoms with Gasteiger partial charge in [0.15, 0.2) is 9.84 Å². The van der Waals surface area contributed by atoms with Crippen molar-refractivity contribution in [2.45, 2.75) is 24.8 Å². The molecule has 2 rings (SSSR count). The maximum absolute atomic E-state index is 12.2. The van der Waals surface area contributed by atoms with Crippen LogP contribution < -0.4 is 10.1 Å². The molecule has 0 bridgehead atoms. The molecule has 0 spiro atoms. The number of nitrogens with one attached hydrogen (secondary N) is 1. The van der Waals surface area contributed by atoms with E-state index in [1.54, 1.807) is 43.4 Å². The van der Waals surface area contributed by atoms with Crippen LogP contribution in [0.15, 0.2) is 41.3 Å². The van der Waals surface area contributed by atoms with Gasteiger partial charge in [0, 0.05) is 18.2 Å². The van der Waals surface area contributed by atoms with Gasteiger partial charge in [-0.15, -0.1) is 0 Å². The summed E-state index contributed by atoms with van der Waals surface area (Å²) in [6.07, 6.45) is 0.575. The second-order valence-corrected chi connectivity index (χ2v) is 8.22. The lowest BCUT2D eigenvalue weighted by Gasteiger charge is -2.13. The van der Waals surface area contributed by atoms with E-state index < -0.39 is 9.84 Å². The molecule has 0 aliphatic carbocycles. The molecular weight excluding hydrogens is 369 g/mol. The summed E-state index contributed by atoms with van der Waals surface area (Å²) in [4.78, 5) is 0.302. The van der Waals surface area contributed by atoms with Crippen molar-refractivity contribution in [2.24, 2.45) is 0 Å². The fourth-order valence-electron chi connectivity index (χ4n) is 2.23. The van der Waals surface area contributed by atoms with E-state index in [2.05, 4.69) is 5.32 Å². The lowest BCUT2D eigenvalue weighted by atomic mass is 10.2.